The van der Waals surface area contributed by atoms with E-state index < -0.39 is 6.10 Å². The van der Waals surface area contributed by atoms with Crippen molar-refractivity contribution in [2.75, 3.05) is 6.54 Å². The Morgan fingerprint density at radius 3 is 2.70 bits per heavy atom. The third kappa shape index (κ3) is 3.43. The summed E-state index contributed by atoms with van der Waals surface area (Å²) in [6.07, 6.45) is 2.77. The lowest BCUT2D eigenvalue weighted by atomic mass is 10.1. The second-order valence-electron chi connectivity index (χ2n) is 4.96. The first-order chi connectivity index (χ1) is 9.59. The average molecular weight is 277 g/mol. The van der Waals surface area contributed by atoms with Crippen LogP contribution in [0.2, 0.25) is 0 Å². The van der Waals surface area contributed by atoms with Gasteiger partial charge in [0.05, 0.1) is 12.1 Å². The fraction of sp³-hybridized carbons (Fsp3) is 0.400. The van der Waals surface area contributed by atoms with Crippen LogP contribution in [0.4, 0.5) is 4.39 Å². The zero-order valence-electron chi connectivity index (χ0n) is 11.7. The van der Waals surface area contributed by atoms with Gasteiger partial charge in [-0.05, 0) is 26.0 Å². The lowest BCUT2D eigenvalue weighted by molar-refractivity contribution is 0.161. The summed E-state index contributed by atoms with van der Waals surface area (Å²) in [5.41, 5.74) is 0.318. The molecule has 0 amide bonds. The smallest absolute Gasteiger partial charge is 0.129 e. The molecule has 0 spiro atoms. The Morgan fingerprint density at radius 2 is 2.05 bits per heavy atom. The van der Waals surface area contributed by atoms with Gasteiger partial charge in [-0.25, -0.2) is 4.39 Å². The third-order valence-electron chi connectivity index (χ3n) is 3.56. The predicted octanol–water partition coefficient (Wildman–Crippen LogP) is 2.29. The van der Waals surface area contributed by atoms with Crippen LogP contribution in [0.1, 0.15) is 31.6 Å². The van der Waals surface area contributed by atoms with Gasteiger partial charge in [-0.1, -0.05) is 18.2 Å². The highest BCUT2D eigenvalue weighted by Gasteiger charge is 2.17. The normalized spacial score (nSPS) is 15.8. The summed E-state index contributed by atoms with van der Waals surface area (Å²) in [6.45, 7) is 4.36. The molecule has 0 aliphatic rings. The number of aliphatic hydroxyl groups excluding tert-OH is 1. The van der Waals surface area contributed by atoms with E-state index in [9.17, 15) is 9.50 Å². The summed E-state index contributed by atoms with van der Waals surface area (Å²) in [5.74, 6) is -0.380. The maximum atomic E-state index is 13.5. The van der Waals surface area contributed by atoms with Gasteiger partial charge in [-0.2, -0.15) is 5.10 Å². The highest BCUT2D eigenvalue weighted by molar-refractivity contribution is 5.20. The van der Waals surface area contributed by atoms with E-state index in [2.05, 4.69) is 10.4 Å². The monoisotopic (exact) mass is 277 g/mol. The van der Waals surface area contributed by atoms with Gasteiger partial charge < -0.3 is 10.4 Å². The maximum Gasteiger partial charge on any atom is 0.129 e. The molecule has 20 heavy (non-hydrogen) atoms. The highest BCUT2D eigenvalue weighted by atomic mass is 19.1. The molecule has 1 aromatic carbocycles. The van der Waals surface area contributed by atoms with E-state index in [4.69, 9.17) is 0 Å². The van der Waals surface area contributed by atoms with E-state index >= 15 is 0 Å². The number of aromatic nitrogens is 2. The molecule has 2 N–H and O–H groups in total. The van der Waals surface area contributed by atoms with Gasteiger partial charge in [-0.3, -0.25) is 4.68 Å². The molecule has 0 saturated carbocycles. The SMILES string of the molecule is CC(NCC(O)c1ccccc1F)C(C)n1cccn1. The van der Waals surface area contributed by atoms with Crippen LogP contribution in [0.3, 0.4) is 0 Å². The van der Waals surface area contributed by atoms with Crippen LogP contribution >= 0.6 is 0 Å². The van der Waals surface area contributed by atoms with E-state index in [1.165, 1.54) is 6.07 Å². The zero-order valence-corrected chi connectivity index (χ0v) is 11.7. The number of nitrogens with one attached hydrogen (secondary N) is 1. The Bertz CT molecular complexity index is 530. The molecule has 4 nitrogen and oxygen atoms in total. The molecule has 0 radical (unpaired) electrons. The number of benzene rings is 1. The van der Waals surface area contributed by atoms with Crippen LogP contribution in [0, 0.1) is 5.82 Å². The highest BCUT2D eigenvalue weighted by Crippen LogP contribution is 2.17. The van der Waals surface area contributed by atoms with Gasteiger partial charge in [0.1, 0.15) is 5.82 Å². The minimum atomic E-state index is -0.858. The molecule has 1 aromatic heterocycles. The molecule has 0 aliphatic heterocycles. The lowest BCUT2D eigenvalue weighted by Crippen LogP contribution is -2.36. The van der Waals surface area contributed by atoms with Crippen LogP contribution in [0.15, 0.2) is 42.7 Å². The molecular weight excluding hydrogens is 257 g/mol. The second-order valence-corrected chi connectivity index (χ2v) is 4.96. The van der Waals surface area contributed by atoms with E-state index in [0.717, 1.165) is 0 Å². The van der Waals surface area contributed by atoms with E-state index in [0.29, 0.717) is 12.1 Å². The number of hydrogen-bond acceptors (Lipinski definition) is 3. The predicted molar refractivity (Wildman–Crippen MR) is 75.8 cm³/mol. The third-order valence-corrected chi connectivity index (χ3v) is 3.56. The summed E-state index contributed by atoms with van der Waals surface area (Å²) in [7, 11) is 0. The molecular formula is C15H20FN3O. The van der Waals surface area contributed by atoms with E-state index in [1.54, 1.807) is 24.4 Å². The van der Waals surface area contributed by atoms with Crippen molar-refractivity contribution in [3.8, 4) is 0 Å². The van der Waals surface area contributed by atoms with Crippen molar-refractivity contribution in [2.24, 2.45) is 0 Å². The van der Waals surface area contributed by atoms with Crippen LogP contribution in [-0.2, 0) is 0 Å². The molecule has 0 fully saturated rings. The maximum absolute atomic E-state index is 13.5. The van der Waals surface area contributed by atoms with Gasteiger partial charge >= 0.3 is 0 Å². The summed E-state index contributed by atoms with van der Waals surface area (Å²) < 4.78 is 15.4. The molecule has 108 valence electrons. The van der Waals surface area contributed by atoms with E-state index in [-0.39, 0.29) is 17.9 Å². The largest absolute Gasteiger partial charge is 0.387 e. The van der Waals surface area contributed by atoms with Crippen molar-refractivity contribution >= 4 is 0 Å². The Hall–Kier alpha value is -1.72. The van der Waals surface area contributed by atoms with Gasteiger partial charge in [0.15, 0.2) is 0 Å². The average Bonchev–Trinajstić information content (AvgIpc) is 2.98. The standard InChI is InChI=1S/C15H20FN3O/c1-11(12(2)19-9-5-8-18-19)17-10-15(20)13-6-3-4-7-14(13)16/h3-9,11-12,15,17,20H,10H2,1-2H3. The first kappa shape index (κ1) is 14.7. The van der Waals surface area contributed by atoms with Crippen molar-refractivity contribution < 1.29 is 9.50 Å². The molecule has 2 rings (SSSR count). The van der Waals surface area contributed by atoms with Crippen LogP contribution < -0.4 is 5.32 Å². The summed E-state index contributed by atoms with van der Waals surface area (Å²) in [4.78, 5) is 0. The molecule has 0 saturated heterocycles. The minimum Gasteiger partial charge on any atom is -0.387 e. The fourth-order valence-electron chi connectivity index (χ4n) is 2.07. The first-order valence-corrected chi connectivity index (χ1v) is 6.74. The van der Waals surface area contributed by atoms with Crippen LogP contribution in [0.5, 0.6) is 0 Å². The topological polar surface area (TPSA) is 50.1 Å². The number of halogens is 1. The molecule has 5 heteroatoms. The number of aliphatic hydroxyl groups is 1. The van der Waals surface area contributed by atoms with Crippen LogP contribution in [-0.4, -0.2) is 27.5 Å². The van der Waals surface area contributed by atoms with Crippen molar-refractivity contribution in [3.63, 3.8) is 0 Å². The van der Waals surface area contributed by atoms with Crippen molar-refractivity contribution in [2.45, 2.75) is 32.0 Å². The Labute approximate surface area is 118 Å². The Morgan fingerprint density at radius 1 is 1.30 bits per heavy atom. The van der Waals surface area contributed by atoms with E-state index in [1.807, 2.05) is 30.8 Å². The summed E-state index contributed by atoms with van der Waals surface area (Å²) in [5, 5.41) is 17.4. The van der Waals surface area contributed by atoms with Crippen LogP contribution in [0.25, 0.3) is 0 Å². The summed E-state index contributed by atoms with van der Waals surface area (Å²) >= 11 is 0. The first-order valence-electron chi connectivity index (χ1n) is 6.74. The van der Waals surface area contributed by atoms with Gasteiger partial charge in [0.2, 0.25) is 0 Å². The number of nitrogens with zero attached hydrogens (tertiary/aromatic N) is 2. The molecule has 1 heterocycles. The molecule has 2 aromatic rings. The van der Waals surface area contributed by atoms with Crippen molar-refractivity contribution in [3.05, 3.63) is 54.1 Å². The molecule has 3 atom stereocenters. The van der Waals surface area contributed by atoms with Gasteiger partial charge in [0.25, 0.3) is 0 Å². The minimum absolute atomic E-state index is 0.108. The second kappa shape index (κ2) is 6.63. The zero-order chi connectivity index (χ0) is 14.5. The van der Waals surface area contributed by atoms with Crippen molar-refractivity contribution in [1.82, 2.24) is 15.1 Å². The number of hydrogen-bond donors (Lipinski definition) is 2. The Balaban J connectivity index is 1.90. The summed E-state index contributed by atoms with van der Waals surface area (Å²) in [6, 6.07) is 8.42. The number of rotatable bonds is 6. The Kier molecular flexibility index (Phi) is 4.87. The lowest BCUT2D eigenvalue weighted by Gasteiger charge is -2.23. The quantitative estimate of drug-likeness (QED) is 0.852. The molecule has 0 aliphatic carbocycles. The molecule has 3 unspecified atom stereocenters. The van der Waals surface area contributed by atoms with Crippen molar-refractivity contribution in [1.29, 1.82) is 0 Å². The fourth-order valence-corrected chi connectivity index (χ4v) is 2.07. The molecule has 0 bridgehead atoms. The van der Waals surface area contributed by atoms with Gasteiger partial charge in [-0.15, -0.1) is 0 Å². The van der Waals surface area contributed by atoms with Gasteiger partial charge in [0, 0.05) is 30.5 Å².